The van der Waals surface area contributed by atoms with Crippen LogP contribution in [0, 0.1) is 5.82 Å². The number of rotatable bonds is 3. The summed E-state index contributed by atoms with van der Waals surface area (Å²) in [5.74, 6) is -0.443. The molecule has 2 aromatic heterocycles. The smallest absolute Gasteiger partial charge is 0.291 e. The van der Waals surface area contributed by atoms with E-state index < -0.39 is 0 Å². The monoisotopic (exact) mass is 376 g/mol. The maximum absolute atomic E-state index is 14.2. The van der Waals surface area contributed by atoms with Crippen LogP contribution in [0.1, 0.15) is 40.7 Å². The third-order valence-corrected chi connectivity index (χ3v) is 5.16. The molecule has 1 amide bonds. The molecule has 0 fully saturated rings. The summed E-state index contributed by atoms with van der Waals surface area (Å²) >= 11 is 0. The molecule has 7 heteroatoms. The quantitative estimate of drug-likeness (QED) is 0.587. The number of aromatic nitrogens is 3. The molecule has 1 aliphatic rings. The minimum atomic E-state index is -0.326. The summed E-state index contributed by atoms with van der Waals surface area (Å²) in [4.78, 5) is 12.8. The van der Waals surface area contributed by atoms with Crippen molar-refractivity contribution in [1.29, 1.82) is 0 Å². The zero-order valence-corrected chi connectivity index (χ0v) is 14.9. The first-order valence-corrected chi connectivity index (χ1v) is 9.19. The average Bonchev–Trinajstić information content (AvgIpc) is 3.33. The van der Waals surface area contributed by atoms with Crippen molar-refractivity contribution in [3.63, 3.8) is 0 Å². The van der Waals surface area contributed by atoms with Crippen LogP contribution in [0.4, 0.5) is 4.39 Å². The minimum Gasteiger partial charge on any atom is -0.350 e. The first-order chi connectivity index (χ1) is 13.7. The molecule has 0 saturated heterocycles. The lowest BCUT2D eigenvalue weighted by Gasteiger charge is -2.24. The molecule has 1 atom stereocenters. The van der Waals surface area contributed by atoms with Gasteiger partial charge >= 0.3 is 0 Å². The number of hydrogen-bond donors (Lipinski definition) is 1. The van der Waals surface area contributed by atoms with Gasteiger partial charge in [-0.15, -0.1) is 0 Å². The SMILES string of the molecule is O=C(N[C@@H]1CCCc2c1cnn2-c1ccccc1F)c1onc2ccccc12. The Bertz CT molecular complexity index is 1180. The third-order valence-electron chi connectivity index (χ3n) is 5.16. The van der Waals surface area contributed by atoms with E-state index in [9.17, 15) is 9.18 Å². The number of fused-ring (bicyclic) bond motifs is 2. The number of para-hydroxylation sites is 1. The van der Waals surface area contributed by atoms with E-state index in [0.29, 0.717) is 16.6 Å². The lowest BCUT2D eigenvalue weighted by atomic mass is 9.92. The van der Waals surface area contributed by atoms with E-state index in [1.54, 1.807) is 35.1 Å². The molecule has 1 aliphatic carbocycles. The second kappa shape index (κ2) is 6.60. The van der Waals surface area contributed by atoms with Gasteiger partial charge in [0.15, 0.2) is 0 Å². The Balaban J connectivity index is 1.46. The Morgan fingerprint density at radius 2 is 2.00 bits per heavy atom. The molecule has 0 aliphatic heterocycles. The van der Waals surface area contributed by atoms with Crippen molar-refractivity contribution in [2.24, 2.45) is 0 Å². The van der Waals surface area contributed by atoms with E-state index >= 15 is 0 Å². The van der Waals surface area contributed by atoms with Crippen molar-refractivity contribution in [3.05, 3.63) is 77.6 Å². The van der Waals surface area contributed by atoms with Gasteiger partial charge in [0.25, 0.3) is 5.91 Å². The zero-order chi connectivity index (χ0) is 19.1. The van der Waals surface area contributed by atoms with E-state index in [-0.39, 0.29) is 23.5 Å². The molecule has 0 saturated carbocycles. The van der Waals surface area contributed by atoms with Crippen LogP contribution in [0.15, 0.2) is 59.3 Å². The van der Waals surface area contributed by atoms with Crippen molar-refractivity contribution in [2.75, 3.05) is 0 Å². The van der Waals surface area contributed by atoms with Gasteiger partial charge in [0.05, 0.1) is 17.6 Å². The second-order valence-electron chi connectivity index (χ2n) is 6.86. The molecule has 6 nitrogen and oxygen atoms in total. The fourth-order valence-corrected chi connectivity index (χ4v) is 3.81. The number of benzene rings is 2. The summed E-state index contributed by atoms with van der Waals surface area (Å²) in [6.07, 6.45) is 4.15. The molecule has 2 heterocycles. The Morgan fingerprint density at radius 3 is 2.89 bits per heavy atom. The Morgan fingerprint density at radius 1 is 1.18 bits per heavy atom. The van der Waals surface area contributed by atoms with Crippen LogP contribution in [0.25, 0.3) is 16.6 Å². The number of carbonyl (C=O) groups is 1. The van der Waals surface area contributed by atoms with E-state index in [2.05, 4.69) is 15.6 Å². The topological polar surface area (TPSA) is 73.0 Å². The maximum Gasteiger partial charge on any atom is 0.291 e. The number of hydrogen-bond acceptors (Lipinski definition) is 4. The minimum absolute atomic E-state index is 0.198. The van der Waals surface area contributed by atoms with E-state index in [1.807, 2.05) is 18.2 Å². The second-order valence-corrected chi connectivity index (χ2v) is 6.86. The number of nitrogens with one attached hydrogen (secondary N) is 1. The van der Waals surface area contributed by atoms with Gasteiger partial charge in [0.2, 0.25) is 5.76 Å². The lowest BCUT2D eigenvalue weighted by molar-refractivity contribution is 0.0898. The van der Waals surface area contributed by atoms with Gasteiger partial charge in [-0.1, -0.05) is 29.4 Å². The highest BCUT2D eigenvalue weighted by atomic mass is 19.1. The van der Waals surface area contributed by atoms with Crippen LogP contribution in [0.3, 0.4) is 0 Å². The van der Waals surface area contributed by atoms with E-state index in [4.69, 9.17) is 4.52 Å². The summed E-state index contributed by atoms with van der Waals surface area (Å²) in [6, 6.07) is 13.6. The van der Waals surface area contributed by atoms with E-state index in [0.717, 1.165) is 30.5 Å². The highest BCUT2D eigenvalue weighted by molar-refractivity contribution is 6.03. The van der Waals surface area contributed by atoms with E-state index in [1.165, 1.54) is 6.07 Å². The summed E-state index contributed by atoms with van der Waals surface area (Å²) < 4.78 is 21.1. The van der Waals surface area contributed by atoms with Crippen LogP contribution in [0.2, 0.25) is 0 Å². The molecule has 0 bridgehead atoms. The molecule has 1 N–H and O–H groups in total. The van der Waals surface area contributed by atoms with Crippen LogP contribution in [-0.4, -0.2) is 20.8 Å². The van der Waals surface area contributed by atoms with Crippen molar-refractivity contribution in [1.82, 2.24) is 20.3 Å². The molecular weight excluding hydrogens is 359 g/mol. The van der Waals surface area contributed by atoms with Gasteiger partial charge in [-0.2, -0.15) is 5.10 Å². The number of carbonyl (C=O) groups excluding carboxylic acids is 1. The Hall–Kier alpha value is -3.48. The average molecular weight is 376 g/mol. The summed E-state index contributed by atoms with van der Waals surface area (Å²) in [5, 5.41) is 12.0. The molecule has 2 aromatic carbocycles. The van der Waals surface area contributed by atoms with Crippen molar-refractivity contribution in [2.45, 2.75) is 25.3 Å². The highest BCUT2D eigenvalue weighted by Gasteiger charge is 2.28. The van der Waals surface area contributed by atoms with Crippen molar-refractivity contribution in [3.8, 4) is 5.69 Å². The van der Waals surface area contributed by atoms with Crippen LogP contribution < -0.4 is 5.32 Å². The van der Waals surface area contributed by atoms with Crippen molar-refractivity contribution < 1.29 is 13.7 Å². The number of amides is 1. The zero-order valence-electron chi connectivity index (χ0n) is 14.9. The van der Waals surface area contributed by atoms with Gasteiger partial charge in [0, 0.05) is 11.3 Å². The molecule has 0 radical (unpaired) electrons. The third kappa shape index (κ3) is 2.67. The van der Waals surface area contributed by atoms with Crippen LogP contribution >= 0.6 is 0 Å². The Labute approximate surface area is 159 Å². The molecular formula is C21H17FN4O2. The molecule has 0 spiro atoms. The molecule has 4 aromatic rings. The van der Waals surface area contributed by atoms with Gasteiger partial charge in [-0.05, 0) is 43.5 Å². The van der Waals surface area contributed by atoms with Gasteiger partial charge < -0.3 is 9.84 Å². The van der Waals surface area contributed by atoms with Gasteiger partial charge in [0.1, 0.15) is 17.0 Å². The molecule has 0 unspecified atom stereocenters. The largest absolute Gasteiger partial charge is 0.350 e. The van der Waals surface area contributed by atoms with Gasteiger partial charge in [-0.25, -0.2) is 9.07 Å². The molecule has 28 heavy (non-hydrogen) atoms. The fourth-order valence-electron chi connectivity index (χ4n) is 3.81. The molecule has 5 rings (SSSR count). The number of halogens is 1. The summed E-state index contributed by atoms with van der Waals surface area (Å²) in [6.45, 7) is 0. The lowest BCUT2D eigenvalue weighted by Crippen LogP contribution is -2.30. The molecule has 140 valence electrons. The predicted octanol–water partition coefficient (Wildman–Crippen LogP) is 3.96. The standard InChI is InChI=1S/C21H17FN4O2/c22-15-7-2-4-10-19(15)26-18-11-5-9-16(14(18)12-23-26)24-21(27)20-13-6-1-3-8-17(13)25-28-20/h1-4,6-8,10,12,16H,5,9,11H2,(H,24,27)/t16-/m1/s1. The first-order valence-electron chi connectivity index (χ1n) is 9.19. The predicted molar refractivity (Wildman–Crippen MR) is 101 cm³/mol. The fraction of sp³-hybridized carbons (Fsp3) is 0.190. The van der Waals surface area contributed by atoms with Gasteiger partial charge in [-0.3, -0.25) is 4.79 Å². The Kier molecular flexibility index (Phi) is 3.93. The highest BCUT2D eigenvalue weighted by Crippen LogP contribution is 2.32. The van der Waals surface area contributed by atoms with Crippen LogP contribution in [-0.2, 0) is 6.42 Å². The van der Waals surface area contributed by atoms with Crippen LogP contribution in [0.5, 0.6) is 0 Å². The first kappa shape index (κ1) is 16.7. The normalized spacial score (nSPS) is 16.1. The van der Waals surface area contributed by atoms with Crippen molar-refractivity contribution >= 4 is 16.8 Å². The summed E-state index contributed by atoms with van der Waals surface area (Å²) in [5.41, 5.74) is 2.89. The maximum atomic E-state index is 14.2. The summed E-state index contributed by atoms with van der Waals surface area (Å²) in [7, 11) is 0. The number of nitrogens with zero attached hydrogens (tertiary/aromatic N) is 3.